The van der Waals surface area contributed by atoms with Gasteiger partial charge in [0.05, 0.1) is 35.5 Å². The maximum Gasteiger partial charge on any atom is 0.335 e. The molecule has 150 valence electrons. The molecular weight excluding hydrogens is 384 g/mol. The van der Waals surface area contributed by atoms with Crippen LogP contribution in [0.25, 0.3) is 11.1 Å². The van der Waals surface area contributed by atoms with Crippen molar-refractivity contribution >= 4 is 17.7 Å². The zero-order valence-corrected chi connectivity index (χ0v) is 16.2. The Labute approximate surface area is 172 Å². The van der Waals surface area contributed by atoms with Crippen LogP contribution in [-0.4, -0.2) is 39.7 Å². The van der Waals surface area contributed by atoms with Gasteiger partial charge in [0.15, 0.2) is 0 Å². The molecule has 0 unspecified atom stereocenters. The van der Waals surface area contributed by atoms with Crippen molar-refractivity contribution in [2.24, 2.45) is 0 Å². The van der Waals surface area contributed by atoms with E-state index in [9.17, 15) is 15.3 Å². The van der Waals surface area contributed by atoms with Crippen molar-refractivity contribution in [3.8, 4) is 17.3 Å². The summed E-state index contributed by atoms with van der Waals surface area (Å²) in [6.07, 6.45) is 0. The van der Waals surface area contributed by atoms with E-state index in [4.69, 9.17) is 14.9 Å². The number of carbonyl (C=O) groups is 1. The molecule has 8 nitrogen and oxygen atoms in total. The maximum atomic E-state index is 11.4. The molecule has 1 aromatic heterocycles. The molecule has 1 aliphatic heterocycles. The van der Waals surface area contributed by atoms with Gasteiger partial charge in [-0.15, -0.1) is 0 Å². The number of methoxy groups -OCH3 is 1. The number of nitrogens with one attached hydrogen (secondary N) is 1. The van der Waals surface area contributed by atoms with Crippen molar-refractivity contribution in [3.05, 3.63) is 81.9 Å². The predicted molar refractivity (Wildman–Crippen MR) is 110 cm³/mol. The maximum absolute atomic E-state index is 11.4. The first-order valence-corrected chi connectivity index (χ1v) is 9.05. The standard InChI is InChI=1S/C22H17N4O4/c1-12-18-19(13-6-8-16(29-2)9-7-13)17(11-23)20(24)30-21(18)26(25-12)15-5-3-4-14(10-15)22(27)28/h3-10,19,24H,1-2H3,(H,27,28)/q-1/t19-/m0/s1. The Morgan fingerprint density at radius 1 is 1.30 bits per heavy atom. The highest BCUT2D eigenvalue weighted by Gasteiger charge is 2.36. The van der Waals surface area contributed by atoms with Crippen LogP contribution >= 0.6 is 0 Å². The van der Waals surface area contributed by atoms with Gasteiger partial charge in [0.1, 0.15) is 5.75 Å². The number of benzene rings is 2. The first-order valence-electron chi connectivity index (χ1n) is 9.05. The van der Waals surface area contributed by atoms with Crippen LogP contribution in [0.2, 0.25) is 0 Å². The molecule has 2 N–H and O–H groups in total. The summed E-state index contributed by atoms with van der Waals surface area (Å²) in [5, 5.41) is 31.8. The summed E-state index contributed by atoms with van der Waals surface area (Å²) in [6.45, 7) is 1.79. The minimum atomic E-state index is -1.06. The van der Waals surface area contributed by atoms with Crippen molar-refractivity contribution in [2.75, 3.05) is 7.11 Å². The largest absolute Gasteiger partial charge is 0.763 e. The van der Waals surface area contributed by atoms with Gasteiger partial charge < -0.3 is 20.0 Å². The number of carboxylic acid groups (broad SMARTS) is 1. The van der Waals surface area contributed by atoms with Crippen LogP contribution < -0.4 is 9.47 Å². The van der Waals surface area contributed by atoms with E-state index in [0.717, 1.165) is 5.56 Å². The summed E-state index contributed by atoms with van der Waals surface area (Å²) < 4.78 is 12.4. The quantitative estimate of drug-likeness (QED) is 0.648. The summed E-state index contributed by atoms with van der Waals surface area (Å²) in [5.74, 6) is 1.21. The van der Waals surface area contributed by atoms with Crippen LogP contribution in [0.4, 0.5) is 0 Å². The summed E-state index contributed by atoms with van der Waals surface area (Å²) in [4.78, 5) is 11.4. The molecule has 2 heterocycles. The third kappa shape index (κ3) is 3.05. The van der Waals surface area contributed by atoms with Crippen LogP contribution in [0.15, 0.2) is 54.1 Å². The topological polar surface area (TPSA) is 120 Å². The summed E-state index contributed by atoms with van der Waals surface area (Å²) >= 11 is 0. The summed E-state index contributed by atoms with van der Waals surface area (Å²) in [5.41, 5.74) is 2.84. The molecule has 0 fully saturated rings. The zero-order valence-electron chi connectivity index (χ0n) is 16.2. The highest BCUT2D eigenvalue weighted by atomic mass is 16.5. The smallest absolute Gasteiger partial charge is 0.335 e. The van der Waals surface area contributed by atoms with E-state index in [-0.39, 0.29) is 17.0 Å². The Balaban J connectivity index is 1.92. The highest BCUT2D eigenvalue weighted by molar-refractivity contribution is 6.05. The fourth-order valence-electron chi connectivity index (χ4n) is 3.57. The number of aromatic nitrogens is 2. The SMILES string of the molecule is COc1ccc([C@H]2C(=C=[N-])C(=N)Oc3c2c(C)nn3-c2cccc(C(=O)O)c2)cc1. The average Bonchev–Trinajstić information content (AvgIpc) is 3.08. The van der Waals surface area contributed by atoms with Crippen LogP contribution in [0, 0.1) is 12.3 Å². The zero-order chi connectivity index (χ0) is 21.4. The van der Waals surface area contributed by atoms with Crippen LogP contribution in [-0.2, 0) is 0 Å². The van der Waals surface area contributed by atoms with Crippen molar-refractivity contribution in [1.29, 1.82) is 5.41 Å². The fraction of sp³-hybridized carbons (Fsp3) is 0.136. The van der Waals surface area contributed by atoms with E-state index in [1.165, 1.54) is 16.8 Å². The number of carboxylic acids is 1. The van der Waals surface area contributed by atoms with Crippen molar-refractivity contribution in [1.82, 2.24) is 9.78 Å². The molecule has 3 aromatic rings. The Bertz CT molecular complexity index is 1220. The number of aryl methyl sites for hydroxylation is 1. The van der Waals surface area contributed by atoms with E-state index in [1.807, 2.05) is 12.1 Å². The van der Waals surface area contributed by atoms with Crippen molar-refractivity contribution < 1.29 is 19.4 Å². The monoisotopic (exact) mass is 401 g/mol. The molecule has 0 radical (unpaired) electrons. The van der Waals surface area contributed by atoms with E-state index < -0.39 is 11.9 Å². The number of ether oxygens (including phenoxy) is 2. The number of hydrogen-bond acceptors (Lipinski definition) is 5. The molecule has 0 saturated carbocycles. The normalized spacial score (nSPS) is 15.2. The lowest BCUT2D eigenvalue weighted by Crippen LogP contribution is -2.25. The Kier molecular flexibility index (Phi) is 4.69. The number of aromatic carboxylic acids is 1. The van der Waals surface area contributed by atoms with Crippen LogP contribution in [0.5, 0.6) is 11.6 Å². The van der Waals surface area contributed by atoms with Crippen molar-refractivity contribution in [2.45, 2.75) is 12.8 Å². The van der Waals surface area contributed by atoms with Gasteiger partial charge in [-0.25, -0.2) is 9.48 Å². The highest BCUT2D eigenvalue weighted by Crippen LogP contribution is 2.44. The first kappa shape index (κ1) is 19.2. The lowest BCUT2D eigenvalue weighted by molar-refractivity contribution is 0.0697. The second-order valence-corrected chi connectivity index (χ2v) is 6.73. The molecule has 1 atom stereocenters. The molecule has 1 aliphatic rings. The average molecular weight is 401 g/mol. The van der Waals surface area contributed by atoms with Gasteiger partial charge in [-0.3, -0.25) is 11.3 Å². The van der Waals surface area contributed by atoms with E-state index in [0.29, 0.717) is 28.6 Å². The lowest BCUT2D eigenvalue weighted by Gasteiger charge is -2.27. The second-order valence-electron chi connectivity index (χ2n) is 6.73. The molecule has 0 saturated heterocycles. The molecule has 0 spiro atoms. The lowest BCUT2D eigenvalue weighted by atomic mass is 9.83. The summed E-state index contributed by atoms with van der Waals surface area (Å²) in [6, 6.07) is 13.5. The minimum Gasteiger partial charge on any atom is -0.763 e. The number of hydrogen-bond donors (Lipinski definition) is 2. The van der Waals surface area contributed by atoms with Gasteiger partial charge >= 0.3 is 5.97 Å². The Morgan fingerprint density at radius 2 is 2.03 bits per heavy atom. The molecule has 0 aliphatic carbocycles. The van der Waals surface area contributed by atoms with Gasteiger partial charge in [-0.05, 0) is 42.8 Å². The molecular formula is C22H17N4O4-. The molecule has 8 heteroatoms. The van der Waals surface area contributed by atoms with E-state index >= 15 is 0 Å². The molecule has 2 aromatic carbocycles. The second kappa shape index (κ2) is 7.35. The third-order valence-corrected chi connectivity index (χ3v) is 4.99. The Hall–Kier alpha value is -4.16. The minimum absolute atomic E-state index is 0.108. The summed E-state index contributed by atoms with van der Waals surface area (Å²) in [7, 11) is 1.57. The number of rotatable bonds is 4. The van der Waals surface area contributed by atoms with E-state index in [1.54, 1.807) is 38.3 Å². The van der Waals surface area contributed by atoms with Gasteiger partial charge in [0.2, 0.25) is 11.8 Å². The number of nitrogens with zero attached hydrogens (tertiary/aromatic N) is 3. The van der Waals surface area contributed by atoms with Crippen molar-refractivity contribution in [3.63, 3.8) is 0 Å². The fourth-order valence-corrected chi connectivity index (χ4v) is 3.57. The van der Waals surface area contributed by atoms with Gasteiger partial charge in [-0.1, -0.05) is 18.2 Å². The third-order valence-electron chi connectivity index (χ3n) is 4.99. The van der Waals surface area contributed by atoms with Crippen LogP contribution in [0.3, 0.4) is 0 Å². The molecule has 0 bridgehead atoms. The molecule has 30 heavy (non-hydrogen) atoms. The van der Waals surface area contributed by atoms with Gasteiger partial charge in [0, 0.05) is 5.57 Å². The predicted octanol–water partition coefficient (Wildman–Crippen LogP) is 3.55. The van der Waals surface area contributed by atoms with Gasteiger partial charge in [-0.2, -0.15) is 5.10 Å². The molecule has 0 amide bonds. The van der Waals surface area contributed by atoms with Gasteiger partial charge in [0.25, 0.3) is 0 Å². The number of fused-ring (bicyclic) bond motifs is 1. The first-order chi connectivity index (χ1) is 14.4. The molecule has 4 rings (SSSR count). The van der Waals surface area contributed by atoms with E-state index in [2.05, 4.69) is 11.0 Å². The Morgan fingerprint density at radius 3 is 2.67 bits per heavy atom. The van der Waals surface area contributed by atoms with Crippen LogP contribution in [0.1, 0.15) is 33.1 Å².